The molecule has 274 valence electrons. The van der Waals surface area contributed by atoms with Crippen LogP contribution in [0.25, 0.3) is 10.9 Å². The number of halogens is 2. The fraction of sp³-hybridized carbons (Fsp3) is 0.343. The fourth-order valence-electron chi connectivity index (χ4n) is 5.90. The second-order valence-corrected chi connectivity index (χ2v) is 11.6. The van der Waals surface area contributed by atoms with Crippen molar-refractivity contribution < 1.29 is 40.2 Å². The van der Waals surface area contributed by atoms with Crippen LogP contribution in [-0.4, -0.2) is 86.1 Å². The van der Waals surface area contributed by atoms with Gasteiger partial charge < -0.3 is 34.8 Å². The van der Waals surface area contributed by atoms with Crippen LogP contribution < -0.4 is 35.6 Å². The van der Waals surface area contributed by atoms with Gasteiger partial charge in [-0.25, -0.2) is 28.0 Å². The molecular formula is C35H43F2N7O7. The summed E-state index contributed by atoms with van der Waals surface area (Å²) in [7, 11) is 4.13. The smallest absolute Gasteiger partial charge is 0.407 e. The van der Waals surface area contributed by atoms with Crippen molar-refractivity contribution in [3.8, 4) is 11.5 Å². The zero-order chi connectivity index (χ0) is 36.8. The summed E-state index contributed by atoms with van der Waals surface area (Å²) < 4.78 is 45.2. The number of hydrogen-bond acceptors (Lipinski definition) is 9. The number of ether oxygens (including phenoxy) is 3. The topological polar surface area (TPSA) is 148 Å². The van der Waals surface area contributed by atoms with E-state index in [1.807, 2.05) is 0 Å². The van der Waals surface area contributed by atoms with Gasteiger partial charge in [-0.3, -0.25) is 14.5 Å². The fourth-order valence-corrected chi connectivity index (χ4v) is 5.90. The van der Waals surface area contributed by atoms with Crippen molar-refractivity contribution in [3.63, 3.8) is 0 Å². The van der Waals surface area contributed by atoms with E-state index < -0.39 is 41.4 Å². The van der Waals surface area contributed by atoms with Crippen LogP contribution in [0.2, 0.25) is 0 Å². The number of rotatable bonds is 10. The van der Waals surface area contributed by atoms with Crippen molar-refractivity contribution in [2.45, 2.75) is 32.4 Å². The minimum absolute atomic E-state index is 0. The predicted octanol–water partition coefficient (Wildman–Crippen LogP) is 4.90. The maximum absolute atomic E-state index is 14.5. The van der Waals surface area contributed by atoms with Crippen LogP contribution >= 0.6 is 0 Å². The van der Waals surface area contributed by atoms with Crippen LogP contribution in [0.5, 0.6) is 11.5 Å². The Morgan fingerprint density at radius 2 is 1.63 bits per heavy atom. The number of piperazine rings is 1. The van der Waals surface area contributed by atoms with Gasteiger partial charge in [-0.15, -0.1) is 0 Å². The lowest BCUT2D eigenvalue weighted by atomic mass is 10.1. The lowest BCUT2D eigenvalue weighted by molar-refractivity contribution is -0.133. The number of aromatic nitrogens is 2. The minimum Gasteiger partial charge on any atom is -0.497 e. The van der Waals surface area contributed by atoms with E-state index in [1.165, 1.54) is 67.3 Å². The van der Waals surface area contributed by atoms with Gasteiger partial charge in [-0.1, -0.05) is 6.92 Å². The zero-order valence-electron chi connectivity index (χ0n) is 28.8. The third-order valence-corrected chi connectivity index (χ3v) is 8.59. The van der Waals surface area contributed by atoms with Crippen LogP contribution in [0, 0.1) is 11.6 Å². The Kier molecular flexibility index (Phi) is 11.2. The first-order chi connectivity index (χ1) is 24.5. The van der Waals surface area contributed by atoms with Gasteiger partial charge in [0.1, 0.15) is 29.2 Å². The SMILES string of the molecule is CC[C@H](NC(=O)OC)C(=O)N1CCN(n2c(C(C)N(C(=O)Nc3ccc(F)cc3)c3ccc(OC)cc3OC)nc3cc(F)ccc3c2=O)CC1.[HH].[HH]. The number of carbonyl (C=O) groups is 3. The van der Waals surface area contributed by atoms with Crippen molar-refractivity contribution in [3.05, 3.63) is 88.5 Å². The third-order valence-electron chi connectivity index (χ3n) is 8.59. The van der Waals surface area contributed by atoms with E-state index in [0.717, 1.165) is 6.07 Å². The largest absolute Gasteiger partial charge is 0.497 e. The quantitative estimate of drug-likeness (QED) is 0.235. The molecule has 1 fully saturated rings. The van der Waals surface area contributed by atoms with E-state index in [0.29, 0.717) is 17.9 Å². The minimum atomic E-state index is -1.01. The summed E-state index contributed by atoms with van der Waals surface area (Å²) in [4.78, 5) is 61.2. The molecule has 0 aliphatic carbocycles. The number of hydrogen-bond donors (Lipinski definition) is 2. The van der Waals surface area contributed by atoms with Crippen molar-refractivity contribution in [1.29, 1.82) is 0 Å². The molecule has 0 radical (unpaired) electrons. The van der Waals surface area contributed by atoms with Crippen LogP contribution in [0.4, 0.5) is 29.7 Å². The number of nitrogens with zero attached hydrogens (tertiary/aromatic N) is 5. The highest BCUT2D eigenvalue weighted by Crippen LogP contribution is 2.37. The number of anilines is 2. The molecule has 3 aromatic carbocycles. The molecule has 0 spiro atoms. The Hall–Kier alpha value is -5.93. The number of nitrogens with one attached hydrogen (secondary N) is 2. The van der Waals surface area contributed by atoms with E-state index in [-0.39, 0.29) is 63.1 Å². The summed E-state index contributed by atoms with van der Waals surface area (Å²) in [5.74, 6) is -0.591. The summed E-state index contributed by atoms with van der Waals surface area (Å²) in [5.41, 5.74) is 0.141. The molecule has 0 bridgehead atoms. The molecule has 1 aromatic heterocycles. The number of fused-ring (bicyclic) bond motifs is 1. The van der Waals surface area contributed by atoms with Crippen molar-refractivity contribution in [1.82, 2.24) is 19.9 Å². The molecule has 4 amide bonds. The lowest BCUT2D eigenvalue weighted by Crippen LogP contribution is -2.59. The molecule has 1 saturated heterocycles. The van der Waals surface area contributed by atoms with Crippen LogP contribution in [0.15, 0.2) is 65.5 Å². The van der Waals surface area contributed by atoms with Crippen molar-refractivity contribution in [2.24, 2.45) is 0 Å². The van der Waals surface area contributed by atoms with Crippen molar-refractivity contribution in [2.75, 3.05) is 62.7 Å². The molecule has 2 heterocycles. The highest BCUT2D eigenvalue weighted by molar-refractivity contribution is 6.03. The number of alkyl carbamates (subject to hydrolysis) is 1. The first-order valence-electron chi connectivity index (χ1n) is 16.2. The number of carbonyl (C=O) groups excluding carboxylic acids is 3. The Bertz CT molecular complexity index is 1980. The standard InChI is InChI=1S/C35H39F2N7O7.2H2/c1-6-27(40-35(48)51-5)33(46)41-15-17-42(18-16-41)44-31(39-28-19-23(37)9-13-26(28)32(44)45)21(2)43(29-14-12-25(49-3)20-30(29)50-4)34(47)38-24-10-7-22(36)8-11-24;;/h7-14,19-21,27H,6,15-18H2,1-5H3,(H,38,47)(H,40,48);2*1H/t21?,27-;;/m0../s1. The maximum Gasteiger partial charge on any atom is 0.407 e. The van der Waals surface area contributed by atoms with E-state index in [9.17, 15) is 28.0 Å². The zero-order valence-corrected chi connectivity index (χ0v) is 28.8. The number of benzene rings is 3. The van der Waals surface area contributed by atoms with Gasteiger partial charge in [0.25, 0.3) is 5.56 Å². The van der Waals surface area contributed by atoms with Crippen LogP contribution in [-0.2, 0) is 9.53 Å². The normalized spacial score (nSPS) is 14.0. The Morgan fingerprint density at radius 1 is 0.941 bits per heavy atom. The highest BCUT2D eigenvalue weighted by Gasteiger charge is 2.34. The lowest BCUT2D eigenvalue weighted by Gasteiger charge is -2.40. The van der Waals surface area contributed by atoms with E-state index in [1.54, 1.807) is 42.0 Å². The molecule has 51 heavy (non-hydrogen) atoms. The predicted molar refractivity (Wildman–Crippen MR) is 190 cm³/mol. The summed E-state index contributed by atoms with van der Waals surface area (Å²) in [6.45, 7) is 4.18. The molecule has 16 heteroatoms. The maximum atomic E-state index is 14.5. The summed E-state index contributed by atoms with van der Waals surface area (Å²) >= 11 is 0. The van der Waals surface area contributed by atoms with Crippen LogP contribution in [0.3, 0.4) is 0 Å². The van der Waals surface area contributed by atoms with Crippen molar-refractivity contribution >= 4 is 40.3 Å². The van der Waals surface area contributed by atoms with Gasteiger partial charge in [0.05, 0.1) is 57.1 Å². The van der Waals surface area contributed by atoms with Gasteiger partial charge in [-0.05, 0) is 61.9 Å². The third kappa shape index (κ3) is 7.79. The molecule has 1 aliphatic heterocycles. The van der Waals surface area contributed by atoms with E-state index in [2.05, 4.69) is 15.4 Å². The van der Waals surface area contributed by atoms with E-state index in [4.69, 9.17) is 14.5 Å². The first-order valence-corrected chi connectivity index (χ1v) is 16.2. The van der Waals surface area contributed by atoms with Gasteiger partial charge in [-0.2, -0.15) is 0 Å². The van der Waals surface area contributed by atoms with E-state index >= 15 is 0 Å². The molecule has 2 atom stereocenters. The molecule has 14 nitrogen and oxygen atoms in total. The monoisotopic (exact) mass is 711 g/mol. The summed E-state index contributed by atoms with van der Waals surface area (Å²) in [5, 5.41) is 7.17. The molecule has 1 aliphatic rings. The molecule has 0 saturated carbocycles. The second-order valence-electron chi connectivity index (χ2n) is 11.6. The Balaban J connectivity index is 0.00000378. The van der Waals surface area contributed by atoms with Crippen LogP contribution in [0.1, 0.15) is 35.0 Å². The average Bonchev–Trinajstić information content (AvgIpc) is 3.14. The van der Waals surface area contributed by atoms with Gasteiger partial charge in [0.2, 0.25) is 5.91 Å². The molecule has 5 rings (SSSR count). The molecule has 2 N–H and O–H groups in total. The summed E-state index contributed by atoms with van der Waals surface area (Å²) in [6, 6.07) is 11.2. The number of amides is 4. The molecule has 1 unspecified atom stereocenters. The Labute approximate surface area is 295 Å². The highest BCUT2D eigenvalue weighted by atomic mass is 19.1. The Morgan fingerprint density at radius 3 is 2.25 bits per heavy atom. The number of urea groups is 1. The molecule has 4 aromatic rings. The second kappa shape index (κ2) is 15.7. The van der Waals surface area contributed by atoms with Gasteiger partial charge in [0, 0.05) is 33.8 Å². The molecular weight excluding hydrogens is 668 g/mol. The van der Waals surface area contributed by atoms with Gasteiger partial charge >= 0.3 is 12.1 Å². The number of methoxy groups -OCH3 is 3. The summed E-state index contributed by atoms with van der Waals surface area (Å²) in [6.07, 6.45) is -0.385. The van der Waals surface area contributed by atoms with Gasteiger partial charge in [0.15, 0.2) is 5.82 Å². The first kappa shape index (κ1) is 36.4. The average molecular weight is 712 g/mol.